The molecule has 88 valence electrons. The van der Waals surface area contributed by atoms with E-state index in [1.807, 2.05) is 0 Å². The van der Waals surface area contributed by atoms with Gasteiger partial charge in [-0.1, -0.05) is 5.17 Å². The number of rotatable bonds is 5. The van der Waals surface area contributed by atoms with Crippen molar-refractivity contribution in [2.24, 2.45) is 0 Å². The van der Waals surface area contributed by atoms with Gasteiger partial charge in [0.25, 0.3) is 5.91 Å². The molecule has 0 aliphatic carbocycles. The summed E-state index contributed by atoms with van der Waals surface area (Å²) in [6.45, 7) is 2.12. The van der Waals surface area contributed by atoms with Crippen molar-refractivity contribution < 1.29 is 24.6 Å². The van der Waals surface area contributed by atoms with Crippen molar-refractivity contribution in [2.75, 3.05) is 26.3 Å². The molecule has 7 nitrogen and oxygen atoms in total. The fourth-order valence-corrected chi connectivity index (χ4v) is 0.967. The lowest BCUT2D eigenvalue weighted by molar-refractivity contribution is -0.257. The van der Waals surface area contributed by atoms with E-state index in [0.717, 1.165) is 12.1 Å². The van der Waals surface area contributed by atoms with Crippen LogP contribution in [-0.2, 0) is 14.4 Å². The summed E-state index contributed by atoms with van der Waals surface area (Å²) >= 11 is 0. The number of aliphatic hydroxyl groups excluding tert-OH is 2. The fourth-order valence-electron chi connectivity index (χ4n) is 0.967. The average molecular weight is 220 g/mol. The number of hydrazine groups is 1. The smallest absolute Gasteiger partial charge is 0.331 e. The molecule has 0 fully saturated rings. The van der Waals surface area contributed by atoms with E-state index in [-0.39, 0.29) is 26.3 Å². The van der Waals surface area contributed by atoms with Crippen LogP contribution >= 0.6 is 0 Å². The predicted molar refractivity (Wildman–Crippen MR) is 50.0 cm³/mol. The van der Waals surface area contributed by atoms with Crippen LogP contribution in [0.15, 0.2) is 0 Å². The summed E-state index contributed by atoms with van der Waals surface area (Å²) in [5.41, 5.74) is 0. The number of hydrogen-bond donors (Lipinski definition) is 2. The van der Waals surface area contributed by atoms with Gasteiger partial charge in [0.15, 0.2) is 0 Å². The zero-order chi connectivity index (χ0) is 11.8. The van der Waals surface area contributed by atoms with E-state index in [4.69, 9.17) is 10.2 Å². The summed E-state index contributed by atoms with van der Waals surface area (Å²) in [5, 5.41) is 19.4. The number of nitrogens with zero attached hydrogens (tertiary/aromatic N) is 2. The lowest BCUT2D eigenvalue weighted by Crippen LogP contribution is -2.48. The topological polar surface area (TPSA) is 90.3 Å². The fraction of sp³-hybridized carbons (Fsp3) is 0.750. The van der Waals surface area contributed by atoms with Crippen molar-refractivity contribution in [1.82, 2.24) is 10.2 Å². The Balaban J connectivity index is 4.50. The molecule has 0 aliphatic rings. The van der Waals surface area contributed by atoms with Crippen LogP contribution in [0.1, 0.15) is 13.8 Å². The summed E-state index contributed by atoms with van der Waals surface area (Å²) in [5.74, 6) is -1.15. The van der Waals surface area contributed by atoms with Crippen LogP contribution in [0.5, 0.6) is 0 Å². The number of carbonyl (C=O) groups is 2. The standard InChI is InChI=1S/C8H16N2O5/c1-7(13)10(15-8(2)14)9(3-5-11)4-6-12/h11-12H,3-6H2,1-2H3. The molecule has 2 N–H and O–H groups in total. The van der Waals surface area contributed by atoms with Gasteiger partial charge in [-0.15, -0.1) is 0 Å². The van der Waals surface area contributed by atoms with E-state index in [9.17, 15) is 9.59 Å². The van der Waals surface area contributed by atoms with Gasteiger partial charge in [-0.2, -0.15) is 5.01 Å². The lowest BCUT2D eigenvalue weighted by atomic mass is 10.5. The van der Waals surface area contributed by atoms with Crippen molar-refractivity contribution in [2.45, 2.75) is 13.8 Å². The molecule has 0 aliphatic heterocycles. The van der Waals surface area contributed by atoms with Gasteiger partial charge in [0.2, 0.25) is 0 Å². The third kappa shape index (κ3) is 5.31. The second-order valence-electron chi connectivity index (χ2n) is 2.78. The molecular formula is C8H16N2O5. The first-order chi connectivity index (χ1) is 7.02. The maximum Gasteiger partial charge on any atom is 0.331 e. The van der Waals surface area contributed by atoms with E-state index in [0.29, 0.717) is 0 Å². The van der Waals surface area contributed by atoms with E-state index >= 15 is 0 Å². The molecule has 0 aromatic rings. The minimum absolute atomic E-state index is 0.0907. The average Bonchev–Trinajstić information content (AvgIpc) is 2.13. The van der Waals surface area contributed by atoms with Crippen LogP contribution in [0.25, 0.3) is 0 Å². The van der Waals surface area contributed by atoms with Crippen molar-refractivity contribution in [3.63, 3.8) is 0 Å². The second kappa shape index (κ2) is 7.16. The van der Waals surface area contributed by atoms with E-state index in [1.54, 1.807) is 0 Å². The molecule has 0 atom stereocenters. The molecule has 0 heterocycles. The van der Waals surface area contributed by atoms with E-state index in [1.165, 1.54) is 11.9 Å². The minimum atomic E-state index is -0.647. The highest BCUT2D eigenvalue weighted by Gasteiger charge is 2.20. The number of aliphatic hydroxyl groups is 2. The highest BCUT2D eigenvalue weighted by Crippen LogP contribution is 2.00. The number of carbonyl (C=O) groups excluding carboxylic acids is 2. The van der Waals surface area contributed by atoms with E-state index in [2.05, 4.69) is 4.84 Å². The second-order valence-corrected chi connectivity index (χ2v) is 2.78. The molecule has 0 spiro atoms. The van der Waals surface area contributed by atoms with Gasteiger partial charge < -0.3 is 15.1 Å². The molecule has 0 aromatic heterocycles. The Hall–Kier alpha value is -1.18. The SMILES string of the molecule is CC(=O)ON(C(C)=O)N(CCO)CCO. The molecule has 1 amide bonds. The van der Waals surface area contributed by atoms with Gasteiger partial charge in [-0.05, 0) is 0 Å². The van der Waals surface area contributed by atoms with Crippen LogP contribution in [0.4, 0.5) is 0 Å². The molecule has 0 radical (unpaired) electrons. The summed E-state index contributed by atoms with van der Waals surface area (Å²) < 4.78 is 0. The predicted octanol–water partition coefficient (Wildman–Crippen LogP) is -1.49. The largest absolute Gasteiger partial charge is 0.395 e. The quantitative estimate of drug-likeness (QED) is 0.549. The minimum Gasteiger partial charge on any atom is -0.395 e. The highest BCUT2D eigenvalue weighted by molar-refractivity contribution is 5.74. The zero-order valence-electron chi connectivity index (χ0n) is 8.84. The Bertz CT molecular complexity index is 215. The number of amides is 1. The normalized spacial score (nSPS) is 10.2. The molecular weight excluding hydrogens is 204 g/mol. The molecule has 0 rings (SSSR count). The summed E-state index contributed by atoms with van der Waals surface area (Å²) in [6.07, 6.45) is 0. The Labute approximate surface area is 87.8 Å². The Kier molecular flexibility index (Phi) is 6.59. The first-order valence-electron chi connectivity index (χ1n) is 4.48. The van der Waals surface area contributed by atoms with Crippen LogP contribution in [0, 0.1) is 0 Å². The number of hydrogen-bond acceptors (Lipinski definition) is 6. The summed E-state index contributed by atoms with van der Waals surface area (Å²) in [4.78, 5) is 26.4. The van der Waals surface area contributed by atoms with Crippen molar-refractivity contribution in [1.29, 1.82) is 0 Å². The van der Waals surface area contributed by atoms with E-state index < -0.39 is 11.9 Å². The van der Waals surface area contributed by atoms with Gasteiger partial charge >= 0.3 is 5.97 Å². The Morgan fingerprint density at radius 1 is 1.13 bits per heavy atom. The van der Waals surface area contributed by atoms with Crippen LogP contribution in [-0.4, -0.2) is 58.6 Å². The lowest BCUT2D eigenvalue weighted by Gasteiger charge is -2.30. The molecule has 0 aromatic carbocycles. The van der Waals surface area contributed by atoms with Crippen LogP contribution < -0.4 is 0 Å². The Morgan fingerprint density at radius 3 is 1.87 bits per heavy atom. The Morgan fingerprint density at radius 2 is 1.60 bits per heavy atom. The van der Waals surface area contributed by atoms with Gasteiger partial charge in [-0.25, -0.2) is 4.79 Å². The van der Waals surface area contributed by atoms with Crippen LogP contribution in [0.2, 0.25) is 0 Å². The molecule has 15 heavy (non-hydrogen) atoms. The highest BCUT2D eigenvalue weighted by atomic mass is 16.8. The first kappa shape index (κ1) is 13.8. The van der Waals surface area contributed by atoms with Crippen molar-refractivity contribution in [3.8, 4) is 0 Å². The molecule has 0 saturated carbocycles. The maximum atomic E-state index is 11.1. The summed E-state index contributed by atoms with van der Waals surface area (Å²) in [7, 11) is 0. The first-order valence-corrected chi connectivity index (χ1v) is 4.48. The summed E-state index contributed by atoms with van der Waals surface area (Å²) in [6, 6.07) is 0. The van der Waals surface area contributed by atoms with Crippen molar-refractivity contribution >= 4 is 11.9 Å². The monoisotopic (exact) mass is 220 g/mol. The zero-order valence-corrected chi connectivity index (χ0v) is 8.84. The molecule has 0 saturated heterocycles. The van der Waals surface area contributed by atoms with Gasteiger partial charge in [-0.3, -0.25) is 4.79 Å². The third-order valence-electron chi connectivity index (χ3n) is 1.46. The third-order valence-corrected chi connectivity index (χ3v) is 1.46. The van der Waals surface area contributed by atoms with Crippen LogP contribution in [0.3, 0.4) is 0 Å². The molecule has 0 unspecified atom stereocenters. The van der Waals surface area contributed by atoms with Gasteiger partial charge in [0.05, 0.1) is 13.2 Å². The van der Waals surface area contributed by atoms with Gasteiger partial charge in [0.1, 0.15) is 0 Å². The number of hydroxylamine groups is 1. The molecule has 0 bridgehead atoms. The van der Waals surface area contributed by atoms with Gasteiger partial charge in [0, 0.05) is 26.9 Å². The maximum absolute atomic E-state index is 11.1. The molecule has 7 heteroatoms. The van der Waals surface area contributed by atoms with Crippen molar-refractivity contribution in [3.05, 3.63) is 0 Å².